The van der Waals surface area contributed by atoms with Crippen molar-refractivity contribution < 1.29 is 0 Å². The molecule has 21 heavy (non-hydrogen) atoms. The van der Waals surface area contributed by atoms with Gasteiger partial charge < -0.3 is 9.80 Å². The molecule has 0 aromatic heterocycles. The Kier molecular flexibility index (Phi) is 4.66. The Balaban J connectivity index is 1.78. The SMILES string of the molecule is CC(C)CN1C[C@H]2CN(C(C)C)C[C@H](C1)C21CCCCC1. The number of nitrogens with zero attached hydrogens (tertiary/aromatic N) is 2. The molecule has 3 fully saturated rings. The van der Waals surface area contributed by atoms with E-state index < -0.39 is 0 Å². The van der Waals surface area contributed by atoms with Crippen LogP contribution in [0.3, 0.4) is 0 Å². The van der Waals surface area contributed by atoms with Gasteiger partial charge in [0.15, 0.2) is 0 Å². The van der Waals surface area contributed by atoms with Gasteiger partial charge in [0.25, 0.3) is 0 Å². The Bertz CT molecular complexity index is 325. The van der Waals surface area contributed by atoms with Crippen LogP contribution in [0.15, 0.2) is 0 Å². The van der Waals surface area contributed by atoms with Crippen LogP contribution in [-0.4, -0.2) is 48.6 Å². The molecule has 122 valence electrons. The van der Waals surface area contributed by atoms with Crippen LogP contribution in [0, 0.1) is 23.2 Å². The van der Waals surface area contributed by atoms with E-state index >= 15 is 0 Å². The van der Waals surface area contributed by atoms with Crippen molar-refractivity contribution in [2.45, 2.75) is 65.8 Å². The van der Waals surface area contributed by atoms with Gasteiger partial charge in [-0.3, -0.25) is 0 Å². The van der Waals surface area contributed by atoms with Gasteiger partial charge in [-0.2, -0.15) is 0 Å². The van der Waals surface area contributed by atoms with E-state index in [1.807, 2.05) is 0 Å². The van der Waals surface area contributed by atoms with E-state index in [9.17, 15) is 0 Å². The van der Waals surface area contributed by atoms with E-state index in [0.717, 1.165) is 29.2 Å². The summed E-state index contributed by atoms with van der Waals surface area (Å²) in [4.78, 5) is 5.58. The molecule has 1 spiro atoms. The molecule has 0 N–H and O–H groups in total. The Morgan fingerprint density at radius 2 is 1.43 bits per heavy atom. The van der Waals surface area contributed by atoms with Gasteiger partial charge in [-0.05, 0) is 49.9 Å². The minimum atomic E-state index is 0.719. The van der Waals surface area contributed by atoms with E-state index in [-0.39, 0.29) is 0 Å². The summed E-state index contributed by atoms with van der Waals surface area (Å²) in [5.74, 6) is 2.69. The molecule has 0 unspecified atom stereocenters. The summed E-state index contributed by atoms with van der Waals surface area (Å²) in [5, 5.41) is 0. The molecule has 0 aromatic carbocycles. The number of hydrogen-bond donors (Lipinski definition) is 0. The molecule has 2 bridgehead atoms. The number of hydrogen-bond acceptors (Lipinski definition) is 2. The van der Waals surface area contributed by atoms with Crippen molar-refractivity contribution in [2.24, 2.45) is 23.2 Å². The van der Waals surface area contributed by atoms with E-state index in [4.69, 9.17) is 0 Å². The molecule has 2 nitrogen and oxygen atoms in total. The van der Waals surface area contributed by atoms with E-state index in [2.05, 4.69) is 37.5 Å². The second-order valence-electron chi connectivity index (χ2n) is 8.85. The fourth-order valence-corrected chi connectivity index (χ4v) is 5.63. The van der Waals surface area contributed by atoms with Gasteiger partial charge in [0.2, 0.25) is 0 Å². The average Bonchev–Trinajstić information content (AvgIpc) is 2.40. The molecule has 0 radical (unpaired) electrons. The molecule has 0 aromatic rings. The lowest BCUT2D eigenvalue weighted by Gasteiger charge is -2.61. The second-order valence-corrected chi connectivity index (χ2v) is 8.85. The van der Waals surface area contributed by atoms with Gasteiger partial charge in [-0.25, -0.2) is 0 Å². The first-order valence-corrected chi connectivity index (χ1v) is 9.47. The molecule has 2 saturated heterocycles. The van der Waals surface area contributed by atoms with Crippen molar-refractivity contribution in [3.05, 3.63) is 0 Å². The Labute approximate surface area is 132 Å². The summed E-state index contributed by atoms with van der Waals surface area (Å²) < 4.78 is 0. The van der Waals surface area contributed by atoms with Crippen molar-refractivity contribution in [1.29, 1.82) is 0 Å². The topological polar surface area (TPSA) is 6.48 Å². The maximum atomic E-state index is 2.80. The van der Waals surface area contributed by atoms with Crippen LogP contribution in [0.1, 0.15) is 59.8 Å². The normalized spacial score (nSPS) is 34.0. The smallest absolute Gasteiger partial charge is 0.00388 e. The van der Waals surface area contributed by atoms with Crippen molar-refractivity contribution in [3.63, 3.8) is 0 Å². The minimum Gasteiger partial charge on any atom is -0.302 e. The van der Waals surface area contributed by atoms with Crippen LogP contribution >= 0.6 is 0 Å². The third-order valence-electron chi connectivity index (χ3n) is 6.63. The van der Waals surface area contributed by atoms with Crippen LogP contribution in [-0.2, 0) is 0 Å². The molecule has 1 aliphatic carbocycles. The number of rotatable bonds is 3. The van der Waals surface area contributed by atoms with Gasteiger partial charge >= 0.3 is 0 Å². The second kappa shape index (κ2) is 6.20. The Morgan fingerprint density at radius 3 is 1.90 bits per heavy atom. The summed E-state index contributed by atoms with van der Waals surface area (Å²) in [6, 6.07) is 0.729. The van der Waals surface area contributed by atoms with Crippen molar-refractivity contribution in [3.8, 4) is 0 Å². The lowest BCUT2D eigenvalue weighted by Crippen LogP contribution is -2.64. The first-order chi connectivity index (χ1) is 10.0. The van der Waals surface area contributed by atoms with Crippen molar-refractivity contribution in [1.82, 2.24) is 9.80 Å². The lowest BCUT2D eigenvalue weighted by atomic mass is 9.55. The monoisotopic (exact) mass is 292 g/mol. The molecular formula is C19H36N2. The summed E-state index contributed by atoms with van der Waals surface area (Å²) in [6.07, 6.45) is 7.55. The van der Waals surface area contributed by atoms with Gasteiger partial charge in [-0.15, -0.1) is 0 Å². The molecule has 2 heteroatoms. The maximum Gasteiger partial charge on any atom is 0.00388 e. The largest absolute Gasteiger partial charge is 0.302 e. The average molecular weight is 293 g/mol. The number of piperidine rings is 2. The highest BCUT2D eigenvalue weighted by Gasteiger charge is 2.53. The third kappa shape index (κ3) is 3.03. The standard InChI is InChI=1S/C19H36N2/c1-15(2)10-20-11-17-13-21(16(3)4)14-18(12-20)19(17)8-6-5-7-9-19/h15-18H,5-14H2,1-4H3/t17-,18-/m0/s1. The number of likely N-dealkylation sites (tertiary alicyclic amines) is 2. The molecular weight excluding hydrogens is 256 g/mol. The highest BCUT2D eigenvalue weighted by atomic mass is 15.2. The zero-order valence-corrected chi connectivity index (χ0v) is 14.8. The summed E-state index contributed by atoms with van der Waals surface area (Å²) in [7, 11) is 0. The quantitative estimate of drug-likeness (QED) is 0.779. The van der Waals surface area contributed by atoms with Crippen molar-refractivity contribution in [2.75, 3.05) is 32.7 Å². The zero-order valence-electron chi connectivity index (χ0n) is 14.8. The van der Waals surface area contributed by atoms with Crippen LogP contribution in [0.25, 0.3) is 0 Å². The Morgan fingerprint density at radius 1 is 0.857 bits per heavy atom. The highest BCUT2D eigenvalue weighted by Crippen LogP contribution is 2.54. The lowest BCUT2D eigenvalue weighted by molar-refractivity contribution is -0.118. The van der Waals surface area contributed by atoms with Gasteiger partial charge in [-0.1, -0.05) is 33.1 Å². The fraction of sp³-hybridized carbons (Fsp3) is 1.00. The van der Waals surface area contributed by atoms with Crippen LogP contribution in [0.2, 0.25) is 0 Å². The summed E-state index contributed by atoms with van der Waals surface area (Å²) in [6.45, 7) is 16.3. The molecule has 2 atom stereocenters. The molecule has 0 amide bonds. The fourth-order valence-electron chi connectivity index (χ4n) is 5.63. The van der Waals surface area contributed by atoms with Crippen molar-refractivity contribution >= 4 is 0 Å². The van der Waals surface area contributed by atoms with Gasteiger partial charge in [0.05, 0.1) is 0 Å². The predicted molar refractivity (Wildman–Crippen MR) is 90.5 cm³/mol. The van der Waals surface area contributed by atoms with Crippen LogP contribution < -0.4 is 0 Å². The predicted octanol–water partition coefficient (Wildman–Crippen LogP) is 3.86. The van der Waals surface area contributed by atoms with Crippen LogP contribution in [0.4, 0.5) is 0 Å². The Hall–Kier alpha value is -0.0800. The first-order valence-electron chi connectivity index (χ1n) is 9.47. The van der Waals surface area contributed by atoms with Crippen LogP contribution in [0.5, 0.6) is 0 Å². The maximum absolute atomic E-state index is 2.80. The molecule has 2 heterocycles. The summed E-state index contributed by atoms with van der Waals surface area (Å²) in [5.41, 5.74) is 0.719. The minimum absolute atomic E-state index is 0.719. The molecule has 1 saturated carbocycles. The van der Waals surface area contributed by atoms with Gasteiger partial charge in [0, 0.05) is 38.8 Å². The molecule has 2 aliphatic heterocycles. The third-order valence-corrected chi connectivity index (χ3v) is 6.63. The molecule has 3 rings (SSSR count). The summed E-state index contributed by atoms with van der Waals surface area (Å²) >= 11 is 0. The first kappa shape index (κ1) is 15.8. The van der Waals surface area contributed by atoms with E-state index in [1.165, 1.54) is 64.8 Å². The van der Waals surface area contributed by atoms with E-state index in [1.54, 1.807) is 0 Å². The zero-order chi connectivity index (χ0) is 15.0. The van der Waals surface area contributed by atoms with E-state index in [0.29, 0.717) is 0 Å². The molecule has 3 aliphatic rings. The highest BCUT2D eigenvalue weighted by molar-refractivity contribution is 5.04. The van der Waals surface area contributed by atoms with Gasteiger partial charge in [0.1, 0.15) is 0 Å².